The second-order valence-corrected chi connectivity index (χ2v) is 9.14. The average molecular weight is 568 g/mol. The molecule has 204 valence electrons. The number of ether oxygens (including phenoxy) is 1. The van der Waals surface area contributed by atoms with Gasteiger partial charge in [-0.1, -0.05) is 11.6 Å². The molecule has 38 heavy (non-hydrogen) atoms. The molecule has 0 spiro atoms. The summed E-state index contributed by atoms with van der Waals surface area (Å²) in [6.07, 6.45) is 0.165. The molecule has 0 saturated heterocycles. The first-order valence-electron chi connectivity index (χ1n) is 11.2. The average Bonchev–Trinajstić information content (AvgIpc) is 3.16. The Bertz CT molecular complexity index is 1350. The molecule has 15 heteroatoms. The third kappa shape index (κ3) is 6.98. The molecular weight excluding hydrogens is 544 g/mol. The van der Waals surface area contributed by atoms with Gasteiger partial charge in [-0.15, -0.1) is 10.1 Å². The van der Waals surface area contributed by atoms with E-state index in [9.17, 15) is 28.5 Å². The molecule has 2 aromatic carbocycles. The highest BCUT2D eigenvalue weighted by atomic mass is 35.5. The second kappa shape index (κ2) is 13.2. The zero-order valence-electron chi connectivity index (χ0n) is 20.4. The van der Waals surface area contributed by atoms with E-state index in [-0.39, 0.29) is 38.5 Å². The molecule has 0 aliphatic carbocycles. The number of rotatable bonds is 12. The number of carbonyl (C=O) groups is 2. The van der Waals surface area contributed by atoms with E-state index in [4.69, 9.17) is 21.2 Å². The van der Waals surface area contributed by atoms with Gasteiger partial charge in [0.05, 0.1) is 37.1 Å². The Hall–Kier alpha value is -3.72. The third-order valence-corrected chi connectivity index (χ3v) is 6.52. The second-order valence-electron chi connectivity index (χ2n) is 7.83. The summed E-state index contributed by atoms with van der Waals surface area (Å²) >= 11 is 3.02. The molecule has 1 atom stereocenters. The van der Waals surface area contributed by atoms with E-state index < -0.39 is 22.4 Å². The van der Waals surface area contributed by atoms with Gasteiger partial charge in [0.25, 0.3) is 11.0 Å². The molecule has 13 nitrogen and oxygen atoms in total. The van der Waals surface area contributed by atoms with Crippen molar-refractivity contribution in [3.63, 3.8) is 0 Å². The molecule has 3 aromatic rings. The van der Waals surface area contributed by atoms with Crippen LogP contribution < -0.4 is 10.2 Å². The predicted octanol–water partition coefficient (Wildman–Crippen LogP) is 3.18. The van der Waals surface area contributed by atoms with E-state index in [1.54, 1.807) is 54.0 Å². The van der Waals surface area contributed by atoms with Gasteiger partial charge in [-0.25, -0.2) is 10.3 Å². The van der Waals surface area contributed by atoms with Gasteiger partial charge in [-0.3, -0.25) is 22.7 Å². The van der Waals surface area contributed by atoms with Crippen molar-refractivity contribution in [2.75, 3.05) is 26.9 Å². The highest BCUT2D eigenvalue weighted by molar-refractivity contribution is 7.77. The molecular formula is C23H24ClN4O9S-. The Labute approximate surface area is 224 Å². The van der Waals surface area contributed by atoms with Crippen LogP contribution in [-0.4, -0.2) is 61.5 Å². The fourth-order valence-electron chi connectivity index (χ4n) is 3.80. The minimum absolute atomic E-state index is 0.0538. The number of nitrogens with zero attached hydrogens (tertiary/aromatic N) is 3. The molecule has 0 bridgehead atoms. The topological polar surface area (TPSA) is 165 Å². The van der Waals surface area contributed by atoms with E-state index in [2.05, 4.69) is 4.84 Å². The molecule has 1 N–H and O–H groups in total. The van der Waals surface area contributed by atoms with Gasteiger partial charge in [0.15, 0.2) is 0 Å². The normalized spacial score (nSPS) is 11.7. The summed E-state index contributed by atoms with van der Waals surface area (Å²) in [6, 6.07) is 10.7. The molecule has 2 amide bonds. The molecule has 3 rings (SSSR count). The number of urea groups is 1. The van der Waals surface area contributed by atoms with Gasteiger partial charge in [-0.05, 0) is 61.4 Å². The number of methoxy groups -OCH3 is 1. The van der Waals surface area contributed by atoms with Crippen molar-refractivity contribution < 1.29 is 37.8 Å². The zero-order valence-corrected chi connectivity index (χ0v) is 22.0. The first-order chi connectivity index (χ1) is 18.1. The Kier molecular flexibility index (Phi) is 10.0. The van der Waals surface area contributed by atoms with Crippen molar-refractivity contribution in [1.29, 1.82) is 0 Å². The fourth-order valence-corrected chi connectivity index (χ4v) is 4.37. The van der Waals surface area contributed by atoms with Crippen LogP contribution in [0.4, 0.5) is 4.79 Å². The van der Waals surface area contributed by atoms with E-state index in [0.29, 0.717) is 31.9 Å². The van der Waals surface area contributed by atoms with Crippen LogP contribution in [0, 0.1) is 17.0 Å². The van der Waals surface area contributed by atoms with Crippen LogP contribution in [0.3, 0.4) is 0 Å². The highest BCUT2D eigenvalue weighted by Crippen LogP contribution is 2.30. The molecule has 1 aromatic heterocycles. The maximum atomic E-state index is 13.4. The zero-order chi connectivity index (χ0) is 27.8. The third-order valence-electron chi connectivity index (χ3n) is 5.56. The number of hydrogen-bond acceptors (Lipinski definition) is 9. The Balaban J connectivity index is 1.73. The smallest absolute Gasteiger partial charge is 0.352 e. The first kappa shape index (κ1) is 28.8. The fraction of sp³-hybridized carbons (Fsp3) is 0.304. The van der Waals surface area contributed by atoms with Crippen molar-refractivity contribution in [2.24, 2.45) is 0 Å². The van der Waals surface area contributed by atoms with Crippen molar-refractivity contribution >= 4 is 45.7 Å². The lowest BCUT2D eigenvalue weighted by molar-refractivity contribution is -0.757. The van der Waals surface area contributed by atoms with Crippen molar-refractivity contribution in [3.05, 3.63) is 74.4 Å². The number of carbonyl (C=O) groups excluding carboxylic acids is 2. The lowest BCUT2D eigenvalue weighted by atomic mass is 10.1. The lowest BCUT2D eigenvalue weighted by Crippen LogP contribution is -2.42. The molecule has 0 saturated carbocycles. The van der Waals surface area contributed by atoms with Gasteiger partial charge in [-0.2, -0.15) is 0 Å². The number of halogens is 1. The van der Waals surface area contributed by atoms with Crippen LogP contribution in [0.5, 0.6) is 5.75 Å². The molecule has 1 heterocycles. The van der Waals surface area contributed by atoms with Crippen molar-refractivity contribution in [2.45, 2.75) is 19.8 Å². The van der Waals surface area contributed by atoms with Crippen LogP contribution in [0.1, 0.15) is 28.0 Å². The van der Waals surface area contributed by atoms with Crippen LogP contribution in [0.25, 0.3) is 10.9 Å². The molecule has 0 aliphatic heterocycles. The highest BCUT2D eigenvalue weighted by Gasteiger charge is 2.21. The molecule has 0 fully saturated rings. The number of benzene rings is 2. The molecule has 1 unspecified atom stereocenters. The van der Waals surface area contributed by atoms with Crippen LogP contribution in [-0.2, 0) is 27.4 Å². The standard InChI is InChI=1S/C23H25ClN4O9S/c1-15-19(10-13-36-25-23(30)26(38(33)34)11-3-12-37-28(31)32)20-14-18(35-2)8-9-21(20)27(15)22(29)16-4-6-17(24)7-5-16/h4-9,14H,3,10-13H2,1-2H3,(H,25,30)(H,33,34)/p-1. The number of nitrogens with one attached hydrogen (secondary N) is 1. The molecule has 0 aliphatic rings. The maximum absolute atomic E-state index is 13.4. The number of aromatic nitrogens is 1. The Morgan fingerprint density at radius 2 is 1.89 bits per heavy atom. The van der Waals surface area contributed by atoms with Gasteiger partial charge in [0.2, 0.25) is 0 Å². The summed E-state index contributed by atoms with van der Waals surface area (Å²) < 4.78 is 30.0. The minimum Gasteiger partial charge on any atom is -0.755 e. The minimum atomic E-state index is -2.93. The van der Waals surface area contributed by atoms with Gasteiger partial charge in [0, 0.05) is 34.6 Å². The van der Waals surface area contributed by atoms with Crippen LogP contribution in [0.2, 0.25) is 5.02 Å². The summed E-state index contributed by atoms with van der Waals surface area (Å²) in [6.45, 7) is 1.00. The summed E-state index contributed by atoms with van der Waals surface area (Å²) in [5, 5.41) is 10.4. The number of amides is 2. The predicted molar refractivity (Wildman–Crippen MR) is 136 cm³/mol. The lowest BCUT2D eigenvalue weighted by Gasteiger charge is -2.23. The van der Waals surface area contributed by atoms with E-state index in [0.717, 1.165) is 10.9 Å². The van der Waals surface area contributed by atoms with Crippen molar-refractivity contribution in [1.82, 2.24) is 14.4 Å². The largest absolute Gasteiger partial charge is 0.755 e. The summed E-state index contributed by atoms with van der Waals surface area (Å²) in [5.41, 5.74) is 4.54. The van der Waals surface area contributed by atoms with Gasteiger partial charge in [0.1, 0.15) is 5.75 Å². The summed E-state index contributed by atoms with van der Waals surface area (Å²) in [7, 11) is 1.53. The number of hydrogen-bond donors (Lipinski definition) is 1. The Morgan fingerprint density at radius 1 is 1.18 bits per heavy atom. The van der Waals surface area contributed by atoms with Gasteiger partial charge < -0.3 is 14.1 Å². The van der Waals surface area contributed by atoms with Crippen LogP contribution in [0.15, 0.2) is 42.5 Å². The quantitative estimate of drug-likeness (QED) is 0.150. The summed E-state index contributed by atoms with van der Waals surface area (Å²) in [5.74, 6) is 0.322. The summed E-state index contributed by atoms with van der Waals surface area (Å²) in [4.78, 5) is 45.1. The number of fused-ring (bicyclic) bond motifs is 1. The Morgan fingerprint density at radius 3 is 2.53 bits per heavy atom. The monoisotopic (exact) mass is 567 g/mol. The number of hydroxylamine groups is 1. The van der Waals surface area contributed by atoms with E-state index in [1.165, 1.54) is 7.11 Å². The van der Waals surface area contributed by atoms with E-state index in [1.807, 2.05) is 5.48 Å². The van der Waals surface area contributed by atoms with Crippen LogP contribution >= 0.6 is 11.6 Å². The van der Waals surface area contributed by atoms with E-state index >= 15 is 0 Å². The SMILES string of the molecule is COc1ccc2c(c1)c(CCONC(=O)N(CCCO[N+](=O)[O-])S(=O)[O-])c(C)n2C(=O)c1ccc(Cl)cc1. The van der Waals surface area contributed by atoms with Gasteiger partial charge >= 0.3 is 6.03 Å². The first-order valence-corrected chi connectivity index (χ1v) is 12.6. The van der Waals surface area contributed by atoms with Crippen molar-refractivity contribution in [3.8, 4) is 5.75 Å². The molecule has 0 radical (unpaired) electrons. The maximum Gasteiger partial charge on any atom is 0.352 e.